The minimum Gasteiger partial charge on any atom is -0.490 e. The number of carboxylic acid groups (broad SMARTS) is 1. The molecular weight excluding hydrogens is 485 g/mol. The van der Waals surface area contributed by atoms with E-state index < -0.39 is 36.0 Å². The average Bonchev–Trinajstić information content (AvgIpc) is 3.19. The van der Waals surface area contributed by atoms with Crippen LogP contribution in [0.1, 0.15) is 41.4 Å². The first-order valence-electron chi connectivity index (χ1n) is 10.8. The normalized spacial score (nSPS) is 14.8. The summed E-state index contributed by atoms with van der Waals surface area (Å²) in [7, 11) is 0. The van der Waals surface area contributed by atoms with E-state index in [1.165, 1.54) is 29.5 Å². The lowest BCUT2D eigenvalue weighted by molar-refractivity contribution is -0.138. The summed E-state index contributed by atoms with van der Waals surface area (Å²) in [6, 6.07) is 11.5. The van der Waals surface area contributed by atoms with Gasteiger partial charge < -0.3 is 25.2 Å². The molecule has 0 amide bonds. The Hall–Kier alpha value is -2.92. The number of rotatable bonds is 11. The molecule has 0 aliphatic carbocycles. The van der Waals surface area contributed by atoms with Crippen LogP contribution in [0.15, 0.2) is 54.6 Å². The summed E-state index contributed by atoms with van der Waals surface area (Å²) in [6.07, 6.45) is -4.77. The van der Waals surface area contributed by atoms with Crippen molar-refractivity contribution in [3.8, 4) is 5.75 Å². The molecule has 3 aromatic rings. The molecule has 6 nitrogen and oxygen atoms in total. The zero-order valence-electron chi connectivity index (χ0n) is 18.5. The molecule has 1 heterocycles. The van der Waals surface area contributed by atoms with Crippen molar-refractivity contribution in [3.63, 3.8) is 0 Å². The molecule has 0 aliphatic heterocycles. The van der Waals surface area contributed by atoms with Crippen LogP contribution in [0.3, 0.4) is 0 Å². The highest BCUT2D eigenvalue weighted by Crippen LogP contribution is 2.37. The van der Waals surface area contributed by atoms with Crippen LogP contribution in [0, 0.1) is 0 Å². The molecule has 0 saturated heterocycles. The highest BCUT2D eigenvalue weighted by Gasteiger charge is 2.30. The minimum atomic E-state index is -4.45. The zero-order valence-corrected chi connectivity index (χ0v) is 19.3. The van der Waals surface area contributed by atoms with E-state index >= 15 is 0 Å². The first kappa shape index (κ1) is 26.7. The van der Waals surface area contributed by atoms with Crippen LogP contribution in [-0.2, 0) is 11.0 Å². The fourth-order valence-electron chi connectivity index (χ4n) is 3.45. The van der Waals surface area contributed by atoms with Gasteiger partial charge in [-0.05, 0) is 48.7 Å². The van der Waals surface area contributed by atoms with Gasteiger partial charge in [0.2, 0.25) is 0 Å². The second kappa shape index (κ2) is 11.7. The molecule has 0 saturated carbocycles. The number of hydrogen-bond acceptors (Lipinski definition) is 6. The summed E-state index contributed by atoms with van der Waals surface area (Å²) >= 11 is 1.31. The molecule has 2 aromatic carbocycles. The minimum absolute atomic E-state index is 0.110. The Bertz CT molecular complexity index is 1160. The lowest BCUT2D eigenvalue weighted by Crippen LogP contribution is -2.23. The summed E-state index contributed by atoms with van der Waals surface area (Å²) in [5.41, 5.74) is -0.183. The molecule has 0 spiro atoms. The van der Waals surface area contributed by atoms with E-state index in [9.17, 15) is 33.3 Å². The first-order valence-corrected chi connectivity index (χ1v) is 11.6. The van der Waals surface area contributed by atoms with Gasteiger partial charge in [-0.3, -0.25) is 4.79 Å². The molecular formula is C25H25F3O6S. The number of thiophene rings is 1. The van der Waals surface area contributed by atoms with Gasteiger partial charge in [0.25, 0.3) is 0 Å². The Morgan fingerprint density at radius 1 is 1.06 bits per heavy atom. The Morgan fingerprint density at radius 3 is 2.40 bits per heavy atom. The van der Waals surface area contributed by atoms with E-state index in [4.69, 9.17) is 9.84 Å². The van der Waals surface area contributed by atoms with Crippen LogP contribution >= 0.6 is 11.3 Å². The Balaban J connectivity index is 1.73. The largest absolute Gasteiger partial charge is 0.490 e. The number of ether oxygens (including phenoxy) is 1. The third-order valence-corrected chi connectivity index (χ3v) is 6.59. The van der Waals surface area contributed by atoms with Crippen molar-refractivity contribution in [2.24, 2.45) is 0 Å². The summed E-state index contributed by atoms with van der Waals surface area (Å²) in [6.45, 7) is -0.209. The van der Waals surface area contributed by atoms with Gasteiger partial charge >= 0.3 is 12.1 Å². The molecule has 0 bridgehead atoms. The number of aliphatic carboxylic acids is 1. The standard InChI is InChI=1S/C25H25F3O6S/c26-25(27,28)15-8-10-16(11-9-15)34-14-21(31)24-18(17-4-1-2-6-22(17)35-24)12-13-20(30)19(29)5-3-7-23(32)33/h1-2,4,6,8-13,19-21,29-31H,3,5,7,14H2,(H,32,33)/b13-12+/t19-,20+,21+/m0/s1. The average molecular weight is 511 g/mol. The van der Waals surface area contributed by atoms with Gasteiger partial charge in [-0.2, -0.15) is 13.2 Å². The van der Waals surface area contributed by atoms with Crippen molar-refractivity contribution in [1.82, 2.24) is 0 Å². The van der Waals surface area contributed by atoms with Gasteiger partial charge in [-0.1, -0.05) is 30.4 Å². The third kappa shape index (κ3) is 7.28. The van der Waals surface area contributed by atoms with Crippen LogP contribution in [0.25, 0.3) is 16.2 Å². The number of alkyl halides is 3. The van der Waals surface area contributed by atoms with Crippen molar-refractivity contribution in [1.29, 1.82) is 0 Å². The van der Waals surface area contributed by atoms with E-state index in [2.05, 4.69) is 0 Å². The molecule has 35 heavy (non-hydrogen) atoms. The van der Waals surface area contributed by atoms with E-state index in [1.807, 2.05) is 24.3 Å². The first-order chi connectivity index (χ1) is 16.6. The van der Waals surface area contributed by atoms with Gasteiger partial charge in [-0.15, -0.1) is 11.3 Å². The lowest BCUT2D eigenvalue weighted by Gasteiger charge is -2.15. The van der Waals surface area contributed by atoms with E-state index in [-0.39, 0.29) is 31.6 Å². The molecule has 0 unspecified atom stereocenters. The fraction of sp³-hybridized carbons (Fsp3) is 0.320. The molecule has 3 rings (SSSR count). The fourth-order valence-corrected chi connectivity index (χ4v) is 4.61. The van der Waals surface area contributed by atoms with Crippen molar-refractivity contribution < 1.29 is 43.1 Å². The zero-order chi connectivity index (χ0) is 25.6. The van der Waals surface area contributed by atoms with Gasteiger partial charge in [0.1, 0.15) is 18.5 Å². The number of fused-ring (bicyclic) bond motifs is 1. The second-order valence-corrected chi connectivity index (χ2v) is 9.01. The highest BCUT2D eigenvalue weighted by atomic mass is 32.1. The maximum atomic E-state index is 12.7. The lowest BCUT2D eigenvalue weighted by atomic mass is 10.0. The van der Waals surface area contributed by atoms with Crippen LogP contribution in [0.4, 0.5) is 13.2 Å². The van der Waals surface area contributed by atoms with Crippen LogP contribution < -0.4 is 4.74 Å². The van der Waals surface area contributed by atoms with E-state index in [0.717, 1.165) is 22.2 Å². The smallest absolute Gasteiger partial charge is 0.416 e. The van der Waals surface area contributed by atoms with Crippen molar-refractivity contribution in [2.45, 2.75) is 43.8 Å². The maximum absolute atomic E-state index is 12.7. The summed E-state index contributed by atoms with van der Waals surface area (Å²) in [5, 5.41) is 40.7. The van der Waals surface area contributed by atoms with E-state index in [0.29, 0.717) is 10.4 Å². The van der Waals surface area contributed by atoms with E-state index in [1.54, 1.807) is 6.08 Å². The number of benzene rings is 2. The number of carboxylic acids is 1. The van der Waals surface area contributed by atoms with Crippen LogP contribution in [0.2, 0.25) is 0 Å². The van der Waals surface area contributed by atoms with Gasteiger partial charge in [0.15, 0.2) is 0 Å². The second-order valence-electron chi connectivity index (χ2n) is 7.93. The maximum Gasteiger partial charge on any atom is 0.416 e. The molecule has 4 N–H and O–H groups in total. The number of aliphatic hydroxyl groups is 3. The number of aliphatic hydroxyl groups excluding tert-OH is 3. The number of halogens is 3. The molecule has 0 fully saturated rings. The summed E-state index contributed by atoms with van der Waals surface area (Å²) < 4.78 is 44.6. The molecule has 188 valence electrons. The molecule has 0 radical (unpaired) electrons. The number of hydrogen-bond donors (Lipinski definition) is 4. The summed E-state index contributed by atoms with van der Waals surface area (Å²) in [4.78, 5) is 11.1. The molecule has 10 heteroatoms. The number of carbonyl (C=O) groups is 1. The SMILES string of the molecule is O=C(O)CCC[C@H](O)[C@H](O)/C=C/c1c([C@H](O)COc2ccc(C(F)(F)F)cc2)sc2ccccc12. The molecule has 3 atom stereocenters. The third-order valence-electron chi connectivity index (χ3n) is 5.30. The Kier molecular flexibility index (Phi) is 8.90. The molecule has 1 aromatic heterocycles. The monoisotopic (exact) mass is 510 g/mol. The van der Waals surface area contributed by atoms with Crippen LogP contribution in [0.5, 0.6) is 5.75 Å². The van der Waals surface area contributed by atoms with Crippen molar-refractivity contribution >= 4 is 33.5 Å². The molecule has 0 aliphatic rings. The van der Waals surface area contributed by atoms with Crippen molar-refractivity contribution in [2.75, 3.05) is 6.61 Å². The highest BCUT2D eigenvalue weighted by molar-refractivity contribution is 7.19. The van der Waals surface area contributed by atoms with Crippen molar-refractivity contribution in [3.05, 3.63) is 70.6 Å². The van der Waals surface area contributed by atoms with Gasteiger partial charge in [-0.25, -0.2) is 0 Å². The van der Waals surface area contributed by atoms with Crippen LogP contribution in [-0.4, -0.2) is 45.2 Å². The Labute approximate surface area is 203 Å². The quantitative estimate of drug-likeness (QED) is 0.289. The predicted octanol–water partition coefficient (Wildman–Crippen LogP) is 5.02. The Morgan fingerprint density at radius 2 is 1.74 bits per heavy atom. The topological polar surface area (TPSA) is 107 Å². The van der Waals surface area contributed by atoms with Gasteiger partial charge in [0, 0.05) is 21.4 Å². The summed E-state index contributed by atoms with van der Waals surface area (Å²) in [5.74, 6) is -0.806. The predicted molar refractivity (Wildman–Crippen MR) is 126 cm³/mol. The van der Waals surface area contributed by atoms with Gasteiger partial charge in [0.05, 0.1) is 17.8 Å².